The number of rotatable bonds is 7. The van der Waals surface area contributed by atoms with Crippen molar-refractivity contribution in [3.8, 4) is 0 Å². The molecule has 0 heterocycles. The first-order chi connectivity index (χ1) is 8.49. The summed E-state index contributed by atoms with van der Waals surface area (Å²) >= 11 is 0. The zero-order valence-corrected chi connectivity index (χ0v) is 12.3. The summed E-state index contributed by atoms with van der Waals surface area (Å²) in [5.41, 5.74) is 2.57. The van der Waals surface area contributed by atoms with Gasteiger partial charge >= 0.3 is 0 Å². The highest BCUT2D eigenvalue weighted by Crippen LogP contribution is 2.11. The van der Waals surface area contributed by atoms with Crippen LogP contribution in [0.2, 0.25) is 0 Å². The van der Waals surface area contributed by atoms with Crippen LogP contribution in [0.1, 0.15) is 26.3 Å². The monoisotopic (exact) mass is 249 g/mol. The summed E-state index contributed by atoms with van der Waals surface area (Å²) in [6, 6.07) is 9.73. The van der Waals surface area contributed by atoms with Crippen molar-refractivity contribution in [1.82, 2.24) is 10.6 Å². The van der Waals surface area contributed by atoms with E-state index in [1.54, 1.807) is 0 Å². The van der Waals surface area contributed by atoms with E-state index in [1.165, 1.54) is 11.3 Å². The predicted octanol–water partition coefficient (Wildman–Crippen LogP) is 2.23. The molecule has 0 bridgehead atoms. The minimum atomic E-state index is 0.487. The molecule has 0 aliphatic rings. The van der Waals surface area contributed by atoms with Gasteiger partial charge in [0.1, 0.15) is 0 Å². The molecule has 1 unspecified atom stereocenters. The van der Waals surface area contributed by atoms with Crippen LogP contribution < -0.4 is 15.5 Å². The molecule has 3 nitrogen and oxygen atoms in total. The third kappa shape index (κ3) is 5.52. The first kappa shape index (κ1) is 15.0. The lowest BCUT2D eigenvalue weighted by Gasteiger charge is -2.17. The Balaban J connectivity index is 2.34. The van der Waals surface area contributed by atoms with Crippen LogP contribution in [0.5, 0.6) is 0 Å². The van der Waals surface area contributed by atoms with E-state index >= 15 is 0 Å². The highest BCUT2D eigenvalue weighted by Gasteiger charge is 2.02. The largest absolute Gasteiger partial charge is 0.378 e. The minimum absolute atomic E-state index is 0.487. The molecule has 0 spiro atoms. The lowest BCUT2D eigenvalue weighted by atomic mass is 10.2. The molecular weight excluding hydrogens is 222 g/mol. The maximum Gasteiger partial charge on any atom is 0.0361 e. The Hall–Kier alpha value is -1.06. The highest BCUT2D eigenvalue weighted by atomic mass is 15.1. The molecule has 0 fully saturated rings. The van der Waals surface area contributed by atoms with Crippen LogP contribution in [-0.4, -0.2) is 32.7 Å². The number of nitrogens with zero attached hydrogens (tertiary/aromatic N) is 1. The molecule has 0 amide bonds. The van der Waals surface area contributed by atoms with Gasteiger partial charge in [0.2, 0.25) is 0 Å². The molecule has 2 N–H and O–H groups in total. The van der Waals surface area contributed by atoms with E-state index in [-0.39, 0.29) is 0 Å². The fourth-order valence-corrected chi connectivity index (χ4v) is 1.69. The van der Waals surface area contributed by atoms with Crippen LogP contribution in [0.15, 0.2) is 24.3 Å². The van der Waals surface area contributed by atoms with Crippen molar-refractivity contribution < 1.29 is 0 Å². The highest BCUT2D eigenvalue weighted by molar-refractivity contribution is 5.45. The van der Waals surface area contributed by atoms with Gasteiger partial charge < -0.3 is 15.5 Å². The lowest BCUT2D eigenvalue weighted by Crippen LogP contribution is -2.38. The molecular formula is C15H27N3. The number of hydrogen-bond acceptors (Lipinski definition) is 3. The number of benzene rings is 1. The second-order valence-electron chi connectivity index (χ2n) is 5.41. The number of anilines is 1. The second-order valence-corrected chi connectivity index (χ2v) is 5.41. The van der Waals surface area contributed by atoms with E-state index in [0.717, 1.165) is 13.1 Å². The van der Waals surface area contributed by atoms with E-state index in [0.29, 0.717) is 12.1 Å². The van der Waals surface area contributed by atoms with E-state index in [2.05, 4.69) is 74.7 Å². The van der Waals surface area contributed by atoms with Gasteiger partial charge in [-0.25, -0.2) is 0 Å². The van der Waals surface area contributed by atoms with Gasteiger partial charge in [0, 0.05) is 45.0 Å². The second kappa shape index (κ2) is 7.39. The molecule has 102 valence electrons. The molecule has 1 rings (SSSR count). The smallest absolute Gasteiger partial charge is 0.0361 e. The molecule has 0 aliphatic heterocycles. The van der Waals surface area contributed by atoms with Gasteiger partial charge in [-0.15, -0.1) is 0 Å². The van der Waals surface area contributed by atoms with Crippen molar-refractivity contribution in [3.63, 3.8) is 0 Å². The Bertz CT molecular complexity index is 330. The predicted molar refractivity (Wildman–Crippen MR) is 80.2 cm³/mol. The third-order valence-corrected chi connectivity index (χ3v) is 2.94. The Kier molecular flexibility index (Phi) is 6.16. The summed E-state index contributed by atoms with van der Waals surface area (Å²) in [5, 5.41) is 6.96. The molecule has 1 aromatic rings. The molecule has 3 heteroatoms. The van der Waals surface area contributed by atoms with Gasteiger partial charge in [0.05, 0.1) is 0 Å². The van der Waals surface area contributed by atoms with Crippen LogP contribution in [0.4, 0.5) is 5.69 Å². The molecule has 0 aromatic heterocycles. The van der Waals surface area contributed by atoms with Gasteiger partial charge in [-0.2, -0.15) is 0 Å². The summed E-state index contributed by atoms with van der Waals surface area (Å²) < 4.78 is 0. The van der Waals surface area contributed by atoms with Gasteiger partial charge in [-0.05, 0) is 24.6 Å². The van der Waals surface area contributed by atoms with Gasteiger partial charge in [0.25, 0.3) is 0 Å². The molecule has 0 radical (unpaired) electrons. The molecule has 0 aliphatic carbocycles. The summed E-state index contributed by atoms with van der Waals surface area (Å²) in [7, 11) is 4.12. The molecule has 0 saturated carbocycles. The van der Waals surface area contributed by atoms with Crippen molar-refractivity contribution >= 4 is 5.69 Å². The normalized spacial score (nSPS) is 12.8. The standard InChI is InChI=1S/C15H27N3/c1-12(2)16-10-13(3)17-11-14-6-8-15(9-7-14)18(4)5/h6-9,12-13,16-17H,10-11H2,1-5H3. The lowest BCUT2D eigenvalue weighted by molar-refractivity contribution is 0.474. The van der Waals surface area contributed by atoms with Crippen molar-refractivity contribution in [2.45, 2.75) is 39.4 Å². The Morgan fingerprint density at radius 3 is 2.11 bits per heavy atom. The number of hydrogen-bond donors (Lipinski definition) is 2. The van der Waals surface area contributed by atoms with Crippen LogP contribution in [0, 0.1) is 0 Å². The third-order valence-electron chi connectivity index (χ3n) is 2.94. The fourth-order valence-electron chi connectivity index (χ4n) is 1.69. The maximum absolute atomic E-state index is 3.53. The van der Waals surface area contributed by atoms with E-state index < -0.39 is 0 Å². The Morgan fingerprint density at radius 2 is 1.61 bits per heavy atom. The minimum Gasteiger partial charge on any atom is -0.378 e. The Morgan fingerprint density at radius 1 is 1.00 bits per heavy atom. The molecule has 1 aromatic carbocycles. The SMILES string of the molecule is CC(C)NCC(C)NCc1ccc(N(C)C)cc1. The summed E-state index contributed by atoms with van der Waals surface area (Å²) in [5.74, 6) is 0. The fraction of sp³-hybridized carbons (Fsp3) is 0.600. The average Bonchev–Trinajstić information content (AvgIpc) is 2.34. The number of nitrogens with one attached hydrogen (secondary N) is 2. The van der Waals surface area contributed by atoms with E-state index in [4.69, 9.17) is 0 Å². The van der Waals surface area contributed by atoms with Crippen molar-refractivity contribution in [3.05, 3.63) is 29.8 Å². The molecule has 1 atom stereocenters. The molecule has 18 heavy (non-hydrogen) atoms. The zero-order chi connectivity index (χ0) is 13.5. The average molecular weight is 249 g/mol. The van der Waals surface area contributed by atoms with Crippen LogP contribution in [0.25, 0.3) is 0 Å². The molecule has 0 saturated heterocycles. The van der Waals surface area contributed by atoms with E-state index in [9.17, 15) is 0 Å². The van der Waals surface area contributed by atoms with Gasteiger partial charge in [-0.1, -0.05) is 26.0 Å². The van der Waals surface area contributed by atoms with Gasteiger partial charge in [0.15, 0.2) is 0 Å². The zero-order valence-electron chi connectivity index (χ0n) is 12.3. The topological polar surface area (TPSA) is 27.3 Å². The van der Waals surface area contributed by atoms with Crippen molar-refractivity contribution in [2.75, 3.05) is 25.5 Å². The van der Waals surface area contributed by atoms with Crippen LogP contribution in [0.3, 0.4) is 0 Å². The van der Waals surface area contributed by atoms with Crippen LogP contribution >= 0.6 is 0 Å². The maximum atomic E-state index is 3.53. The first-order valence-corrected chi connectivity index (χ1v) is 6.72. The summed E-state index contributed by atoms with van der Waals surface area (Å²) in [4.78, 5) is 2.12. The Labute approximate surface area is 112 Å². The summed E-state index contributed by atoms with van der Waals surface area (Å²) in [6.45, 7) is 8.49. The van der Waals surface area contributed by atoms with Crippen molar-refractivity contribution in [2.24, 2.45) is 0 Å². The summed E-state index contributed by atoms with van der Waals surface area (Å²) in [6.07, 6.45) is 0. The van der Waals surface area contributed by atoms with E-state index in [1.807, 2.05) is 0 Å². The van der Waals surface area contributed by atoms with Crippen LogP contribution in [-0.2, 0) is 6.54 Å². The first-order valence-electron chi connectivity index (χ1n) is 6.72. The van der Waals surface area contributed by atoms with Crippen molar-refractivity contribution in [1.29, 1.82) is 0 Å². The quantitative estimate of drug-likeness (QED) is 0.776. The van der Waals surface area contributed by atoms with Gasteiger partial charge in [-0.3, -0.25) is 0 Å².